The highest BCUT2D eigenvalue weighted by Gasteiger charge is 2.16. The highest BCUT2D eigenvalue weighted by molar-refractivity contribution is 5.74. The number of hydrogen-bond donors (Lipinski definition) is 0. The van der Waals surface area contributed by atoms with Crippen molar-refractivity contribution in [2.24, 2.45) is 0 Å². The number of hydrogen-bond acceptors (Lipinski definition) is 7. The Balaban J connectivity index is 1.24. The minimum absolute atomic E-state index is 0.287. The van der Waals surface area contributed by atoms with Crippen molar-refractivity contribution in [3.05, 3.63) is 71.4 Å². The highest BCUT2D eigenvalue weighted by atomic mass is 16.7. The summed E-state index contributed by atoms with van der Waals surface area (Å²) in [7, 11) is 0. The Bertz CT molecular complexity index is 1290. The summed E-state index contributed by atoms with van der Waals surface area (Å²) in [4.78, 5) is 18.0. The molecule has 8 nitrogen and oxygen atoms in total. The molecule has 8 heteroatoms. The van der Waals surface area contributed by atoms with Gasteiger partial charge in [-0.2, -0.15) is 9.97 Å². The second-order valence-corrected chi connectivity index (χ2v) is 9.30. The van der Waals surface area contributed by atoms with Crippen LogP contribution in [0.5, 0.6) is 11.8 Å². The molecule has 3 aromatic heterocycles. The molecule has 0 bridgehead atoms. The second-order valence-electron chi connectivity index (χ2n) is 9.30. The number of rotatable bonds is 11. The Hall–Kier alpha value is -3.52. The second kappa shape index (κ2) is 11.5. The van der Waals surface area contributed by atoms with Crippen molar-refractivity contribution in [3.63, 3.8) is 0 Å². The molecule has 1 saturated carbocycles. The molecule has 0 atom stereocenters. The van der Waals surface area contributed by atoms with Gasteiger partial charge in [-0.1, -0.05) is 25.0 Å². The third kappa shape index (κ3) is 5.99. The maximum absolute atomic E-state index is 5.92. The Labute approximate surface area is 211 Å². The number of benzene rings is 1. The van der Waals surface area contributed by atoms with Gasteiger partial charge in [0.2, 0.25) is 0 Å². The zero-order valence-electron chi connectivity index (χ0n) is 21.0. The summed E-state index contributed by atoms with van der Waals surface area (Å²) in [6.07, 6.45) is 10.5. The lowest BCUT2D eigenvalue weighted by Crippen LogP contribution is -2.12. The van der Waals surface area contributed by atoms with Gasteiger partial charge in [0.1, 0.15) is 17.1 Å². The van der Waals surface area contributed by atoms with Crippen LogP contribution in [-0.2, 0) is 17.7 Å². The molecule has 188 valence electrons. The normalized spacial score (nSPS) is 13.9. The molecule has 0 N–H and O–H groups in total. The average molecular weight is 488 g/mol. The van der Waals surface area contributed by atoms with Gasteiger partial charge in [-0.15, -0.1) is 0 Å². The van der Waals surface area contributed by atoms with Gasteiger partial charge < -0.3 is 18.8 Å². The van der Waals surface area contributed by atoms with Crippen LogP contribution >= 0.6 is 0 Å². The van der Waals surface area contributed by atoms with E-state index in [4.69, 9.17) is 24.2 Å². The van der Waals surface area contributed by atoms with Gasteiger partial charge in [0.25, 0.3) is 0 Å². The van der Waals surface area contributed by atoms with Crippen molar-refractivity contribution >= 4 is 11.2 Å². The molecule has 1 aliphatic rings. The van der Waals surface area contributed by atoms with Crippen molar-refractivity contribution in [2.45, 2.75) is 65.0 Å². The third-order valence-electron chi connectivity index (χ3n) is 6.60. The summed E-state index contributed by atoms with van der Waals surface area (Å²) in [6, 6.07) is 12.5. The van der Waals surface area contributed by atoms with Crippen LogP contribution in [0.4, 0.5) is 0 Å². The van der Waals surface area contributed by atoms with Gasteiger partial charge in [-0.25, -0.2) is 4.98 Å². The summed E-state index contributed by atoms with van der Waals surface area (Å²) >= 11 is 0. The van der Waals surface area contributed by atoms with E-state index < -0.39 is 0 Å². The first-order valence-corrected chi connectivity index (χ1v) is 12.7. The van der Waals surface area contributed by atoms with E-state index in [9.17, 15) is 0 Å². The minimum Gasteiger partial charge on any atom is -0.468 e. The Kier molecular flexibility index (Phi) is 7.71. The van der Waals surface area contributed by atoms with Gasteiger partial charge in [0, 0.05) is 12.4 Å². The van der Waals surface area contributed by atoms with E-state index in [2.05, 4.69) is 20.6 Å². The van der Waals surface area contributed by atoms with E-state index in [1.165, 1.54) is 18.4 Å². The predicted molar refractivity (Wildman–Crippen MR) is 137 cm³/mol. The average Bonchev–Trinajstić information content (AvgIpc) is 3.51. The number of aromatic nitrogens is 5. The lowest BCUT2D eigenvalue weighted by atomic mass is 10.1. The Morgan fingerprint density at radius 1 is 0.944 bits per heavy atom. The van der Waals surface area contributed by atoms with Gasteiger partial charge in [0.05, 0.1) is 24.9 Å². The van der Waals surface area contributed by atoms with Crippen LogP contribution in [0.1, 0.15) is 54.7 Å². The molecular formula is C28H33N5O3. The summed E-state index contributed by atoms with van der Waals surface area (Å²) < 4.78 is 19.7. The number of pyridine rings is 1. The maximum Gasteiger partial charge on any atom is 0.318 e. The molecule has 36 heavy (non-hydrogen) atoms. The monoisotopic (exact) mass is 487 g/mol. The van der Waals surface area contributed by atoms with Crippen LogP contribution in [0.3, 0.4) is 0 Å². The van der Waals surface area contributed by atoms with Crippen molar-refractivity contribution in [2.75, 3.05) is 13.4 Å². The standard InChI is InChI=1S/C28H33N5O3/c1-20-26-27(32-28(30-20)34-16-6-8-22-12-14-29-15-13-22)33(21(2)31-26)18-23-7-5-11-25(17-23)36-19-35-24-9-3-4-10-24/h5,7,11-15,17,24H,3-4,6,8-10,16,18-19H2,1-2H3. The van der Waals surface area contributed by atoms with Crippen molar-refractivity contribution in [3.8, 4) is 11.8 Å². The van der Waals surface area contributed by atoms with Crippen LogP contribution in [0.25, 0.3) is 11.2 Å². The molecule has 0 amide bonds. The number of imidazole rings is 1. The number of ether oxygens (including phenoxy) is 3. The largest absolute Gasteiger partial charge is 0.468 e. The minimum atomic E-state index is 0.287. The van der Waals surface area contributed by atoms with E-state index in [1.54, 1.807) is 0 Å². The number of fused-ring (bicyclic) bond motifs is 1. The molecule has 0 radical (unpaired) electrons. The van der Waals surface area contributed by atoms with Crippen LogP contribution in [-0.4, -0.2) is 44.0 Å². The van der Waals surface area contributed by atoms with E-state index in [0.717, 1.165) is 59.7 Å². The molecule has 4 aromatic rings. The molecule has 0 spiro atoms. The summed E-state index contributed by atoms with van der Waals surface area (Å²) in [6.45, 7) is 5.40. The number of nitrogens with zero attached hydrogens (tertiary/aromatic N) is 5. The Morgan fingerprint density at radius 3 is 2.61 bits per heavy atom. The smallest absolute Gasteiger partial charge is 0.318 e. The molecule has 1 aliphatic carbocycles. The fourth-order valence-corrected chi connectivity index (χ4v) is 4.63. The highest BCUT2D eigenvalue weighted by Crippen LogP contribution is 2.23. The lowest BCUT2D eigenvalue weighted by molar-refractivity contribution is -0.0325. The molecule has 5 rings (SSSR count). The van der Waals surface area contributed by atoms with Crippen molar-refractivity contribution in [1.82, 2.24) is 24.5 Å². The van der Waals surface area contributed by atoms with E-state index in [1.807, 2.05) is 56.6 Å². The van der Waals surface area contributed by atoms with Gasteiger partial charge in [0.15, 0.2) is 12.4 Å². The lowest BCUT2D eigenvalue weighted by Gasteiger charge is -2.13. The van der Waals surface area contributed by atoms with Crippen LogP contribution in [0.2, 0.25) is 0 Å². The summed E-state index contributed by atoms with van der Waals surface area (Å²) in [5.41, 5.74) is 4.74. The molecule has 0 saturated heterocycles. The van der Waals surface area contributed by atoms with Crippen molar-refractivity contribution in [1.29, 1.82) is 0 Å². The summed E-state index contributed by atoms with van der Waals surface area (Å²) in [5.74, 6) is 1.68. The topological polar surface area (TPSA) is 84.2 Å². The van der Waals surface area contributed by atoms with E-state index in [0.29, 0.717) is 25.3 Å². The van der Waals surface area contributed by atoms with Gasteiger partial charge in [-0.05, 0) is 74.9 Å². The van der Waals surface area contributed by atoms with Gasteiger partial charge >= 0.3 is 6.01 Å². The number of aryl methyl sites for hydroxylation is 3. The molecule has 0 unspecified atom stereocenters. The first-order chi connectivity index (χ1) is 17.7. The van der Waals surface area contributed by atoms with E-state index in [-0.39, 0.29) is 6.79 Å². The van der Waals surface area contributed by atoms with E-state index >= 15 is 0 Å². The SMILES string of the molecule is Cc1nc(OCCCc2ccncc2)nc2c1nc(C)n2Cc1cccc(OCOC2CCCC2)c1. The quantitative estimate of drug-likeness (QED) is 0.212. The molecular weight excluding hydrogens is 454 g/mol. The predicted octanol–water partition coefficient (Wildman–Crippen LogP) is 5.19. The molecule has 1 aromatic carbocycles. The zero-order valence-corrected chi connectivity index (χ0v) is 21.0. The summed E-state index contributed by atoms with van der Waals surface area (Å²) in [5, 5.41) is 0. The molecule has 1 fully saturated rings. The first kappa shape index (κ1) is 24.2. The maximum atomic E-state index is 5.92. The van der Waals surface area contributed by atoms with Crippen molar-refractivity contribution < 1.29 is 14.2 Å². The fraction of sp³-hybridized carbons (Fsp3) is 0.429. The van der Waals surface area contributed by atoms with Gasteiger partial charge in [-0.3, -0.25) is 4.98 Å². The first-order valence-electron chi connectivity index (χ1n) is 12.7. The fourth-order valence-electron chi connectivity index (χ4n) is 4.63. The molecule has 3 heterocycles. The van der Waals surface area contributed by atoms with Crippen LogP contribution < -0.4 is 9.47 Å². The Morgan fingerprint density at radius 2 is 1.78 bits per heavy atom. The molecule has 0 aliphatic heterocycles. The van der Waals surface area contributed by atoms with Crippen LogP contribution in [0.15, 0.2) is 48.8 Å². The van der Waals surface area contributed by atoms with Crippen LogP contribution in [0, 0.1) is 13.8 Å². The zero-order chi connectivity index (χ0) is 24.7. The third-order valence-corrected chi connectivity index (χ3v) is 6.60.